The van der Waals surface area contributed by atoms with Crippen LogP contribution in [0, 0.1) is 6.92 Å². The van der Waals surface area contributed by atoms with Gasteiger partial charge in [0, 0.05) is 12.2 Å². The van der Waals surface area contributed by atoms with Gasteiger partial charge in [-0.2, -0.15) is 0 Å². The third-order valence-corrected chi connectivity index (χ3v) is 2.40. The van der Waals surface area contributed by atoms with Gasteiger partial charge in [-0.25, -0.2) is 0 Å². The normalized spacial score (nSPS) is 9.18. The predicted octanol–water partition coefficient (Wildman–Crippen LogP) is 1.36. The zero-order valence-corrected chi connectivity index (χ0v) is 12.5. The summed E-state index contributed by atoms with van der Waals surface area (Å²) in [6.45, 7) is 15.8. The second-order valence-electron chi connectivity index (χ2n) is 3.33. The molecule has 0 unspecified atom stereocenters. The van der Waals surface area contributed by atoms with Gasteiger partial charge in [-0.05, 0) is 25.2 Å². The minimum atomic E-state index is 0. The molecule has 0 amide bonds. The van der Waals surface area contributed by atoms with Gasteiger partial charge in [0.15, 0.2) is 0 Å². The van der Waals surface area contributed by atoms with Crippen LogP contribution in [-0.2, 0) is 37.2 Å². The first kappa shape index (κ1) is 18.8. The van der Waals surface area contributed by atoms with Crippen molar-refractivity contribution in [1.82, 2.24) is 9.88 Å². The van der Waals surface area contributed by atoms with E-state index < -0.39 is 0 Å². The average molecular weight is 322 g/mol. The molecule has 1 rings (SSSR count). The van der Waals surface area contributed by atoms with Crippen LogP contribution in [0.25, 0.3) is 0 Å². The summed E-state index contributed by atoms with van der Waals surface area (Å²) in [7, 11) is 0. The van der Waals surface area contributed by atoms with E-state index in [0.717, 1.165) is 37.4 Å². The molecule has 4 heteroatoms. The Kier molecular flexibility index (Phi) is 13.1. The van der Waals surface area contributed by atoms with Gasteiger partial charge >= 0.3 is 19.5 Å². The summed E-state index contributed by atoms with van der Waals surface area (Å²) < 4.78 is 0. The number of rotatable bonds is 5. The van der Waals surface area contributed by atoms with Crippen molar-refractivity contribution in [3.8, 4) is 0 Å². The van der Waals surface area contributed by atoms with E-state index in [-0.39, 0.29) is 19.5 Å². The molecular weight excluding hydrogens is 301 g/mol. The molecule has 1 aromatic rings. The topological polar surface area (TPSA) is 33.2 Å². The minimum absolute atomic E-state index is 0. The molecule has 0 aliphatic carbocycles. The van der Waals surface area contributed by atoms with Crippen molar-refractivity contribution in [2.75, 3.05) is 13.1 Å². The van der Waals surface area contributed by atoms with E-state index in [1.165, 1.54) is 0 Å². The standard InChI is InChI=1S/C12H19N2.CO.Ru.2H/c1-4-11-8-7-9-12(13-11)10-14(5-2)6-3;1-2;;;/h7-9H,1,4-6,10H2,2-3H3;;;;/q2*-1;;;. The third-order valence-electron chi connectivity index (χ3n) is 2.40. The van der Waals surface area contributed by atoms with Crippen molar-refractivity contribution in [3.63, 3.8) is 0 Å². The van der Waals surface area contributed by atoms with E-state index in [1.807, 2.05) is 6.07 Å². The third kappa shape index (κ3) is 7.35. The Morgan fingerprint density at radius 1 is 1.24 bits per heavy atom. The SMILES string of the molecule is [C-]=O.[CH2-]Cc1cccc(CN(CC)CC)n1.[RuH2]. The Bertz CT molecular complexity index is 291. The van der Waals surface area contributed by atoms with Gasteiger partial charge in [-0.15, -0.1) is 6.42 Å². The quantitative estimate of drug-likeness (QED) is 0.606. The van der Waals surface area contributed by atoms with E-state index in [2.05, 4.69) is 49.6 Å². The molecular formula is C13H21N2ORu-2. The van der Waals surface area contributed by atoms with E-state index in [9.17, 15) is 0 Å². The van der Waals surface area contributed by atoms with Gasteiger partial charge in [0.05, 0.1) is 5.69 Å². The van der Waals surface area contributed by atoms with Crippen LogP contribution in [0.4, 0.5) is 0 Å². The number of carbonyl (C=O) groups excluding carboxylic acids is 1. The fourth-order valence-electron chi connectivity index (χ4n) is 1.43. The van der Waals surface area contributed by atoms with Gasteiger partial charge in [0.25, 0.3) is 0 Å². The molecule has 0 spiro atoms. The summed E-state index contributed by atoms with van der Waals surface area (Å²) in [5.74, 6) is 0. The molecule has 0 saturated carbocycles. The van der Waals surface area contributed by atoms with Crippen LogP contribution >= 0.6 is 0 Å². The van der Waals surface area contributed by atoms with Gasteiger partial charge in [-0.3, -0.25) is 9.88 Å². The molecule has 1 aromatic heterocycles. The second kappa shape index (κ2) is 11.9. The Morgan fingerprint density at radius 3 is 2.24 bits per heavy atom. The molecule has 17 heavy (non-hydrogen) atoms. The molecule has 0 fully saturated rings. The molecule has 0 N–H and O–H groups in total. The van der Waals surface area contributed by atoms with Crippen molar-refractivity contribution >= 4 is 6.79 Å². The van der Waals surface area contributed by atoms with Gasteiger partial charge in [0.1, 0.15) is 0 Å². The van der Waals surface area contributed by atoms with Crippen LogP contribution in [0.2, 0.25) is 0 Å². The average Bonchev–Trinajstić information content (AvgIpc) is 2.38. The summed E-state index contributed by atoms with van der Waals surface area (Å²) in [4.78, 5) is 14.4. The van der Waals surface area contributed by atoms with E-state index in [4.69, 9.17) is 4.79 Å². The van der Waals surface area contributed by atoms with E-state index in [1.54, 1.807) is 0 Å². The van der Waals surface area contributed by atoms with Crippen LogP contribution in [0.5, 0.6) is 0 Å². The van der Waals surface area contributed by atoms with Crippen LogP contribution in [0.3, 0.4) is 0 Å². The Morgan fingerprint density at radius 2 is 1.76 bits per heavy atom. The summed E-state index contributed by atoms with van der Waals surface area (Å²) in [6.07, 6.45) is 0.770. The van der Waals surface area contributed by atoms with Crippen LogP contribution in [0.1, 0.15) is 25.2 Å². The molecule has 0 bridgehead atoms. The van der Waals surface area contributed by atoms with Crippen LogP contribution < -0.4 is 0 Å². The number of aromatic nitrogens is 1. The maximum atomic E-state index is 7.50. The predicted molar refractivity (Wildman–Crippen MR) is 68.4 cm³/mol. The van der Waals surface area contributed by atoms with Gasteiger partial charge in [-0.1, -0.05) is 19.9 Å². The van der Waals surface area contributed by atoms with Crippen molar-refractivity contribution in [2.24, 2.45) is 0 Å². The molecule has 0 aromatic carbocycles. The molecule has 0 aliphatic heterocycles. The molecule has 1 heterocycles. The van der Waals surface area contributed by atoms with E-state index >= 15 is 0 Å². The Hall–Kier alpha value is -0.597. The van der Waals surface area contributed by atoms with Crippen LogP contribution in [0.15, 0.2) is 18.2 Å². The van der Waals surface area contributed by atoms with Gasteiger partial charge < -0.3 is 18.5 Å². The first-order valence-corrected chi connectivity index (χ1v) is 5.47. The summed E-state index contributed by atoms with van der Waals surface area (Å²) >= 11 is 0. The molecule has 0 atom stereocenters. The molecule has 99 valence electrons. The monoisotopic (exact) mass is 323 g/mol. The fraction of sp³-hybridized carbons (Fsp3) is 0.462. The molecule has 0 saturated heterocycles. The van der Waals surface area contributed by atoms with Crippen molar-refractivity contribution < 1.29 is 24.3 Å². The maximum absolute atomic E-state index is 7.50. The van der Waals surface area contributed by atoms with Crippen molar-refractivity contribution in [3.05, 3.63) is 36.5 Å². The van der Waals surface area contributed by atoms with Crippen molar-refractivity contribution in [1.29, 1.82) is 0 Å². The zero-order valence-electron chi connectivity index (χ0n) is 10.5. The molecule has 3 nitrogen and oxygen atoms in total. The van der Waals surface area contributed by atoms with E-state index in [0.29, 0.717) is 0 Å². The number of pyridine rings is 1. The van der Waals surface area contributed by atoms with Gasteiger partial charge in [0.2, 0.25) is 0 Å². The number of hydrogen-bond acceptors (Lipinski definition) is 3. The Labute approximate surface area is 117 Å². The first-order chi connectivity index (χ1) is 7.80. The number of hydrogen-bond donors (Lipinski definition) is 0. The second-order valence-corrected chi connectivity index (χ2v) is 3.33. The first-order valence-electron chi connectivity index (χ1n) is 5.47. The summed E-state index contributed by atoms with van der Waals surface area (Å²) in [6, 6.07) is 6.17. The summed E-state index contributed by atoms with van der Waals surface area (Å²) in [5.41, 5.74) is 2.23. The molecule has 0 aliphatic rings. The van der Waals surface area contributed by atoms with Crippen LogP contribution in [-0.4, -0.2) is 29.8 Å². The number of nitrogens with zero attached hydrogens (tertiary/aromatic N) is 2. The zero-order chi connectivity index (χ0) is 12.4. The Balaban J connectivity index is 0. The van der Waals surface area contributed by atoms with Crippen molar-refractivity contribution in [2.45, 2.75) is 26.8 Å². The molecule has 1 radical (unpaired) electrons. The summed E-state index contributed by atoms with van der Waals surface area (Å²) in [5, 5.41) is 0. The fourth-order valence-corrected chi connectivity index (χ4v) is 1.43.